The van der Waals surface area contributed by atoms with Crippen LogP contribution in [0.1, 0.15) is 11.1 Å². The summed E-state index contributed by atoms with van der Waals surface area (Å²) >= 11 is 13.1. The molecule has 0 aliphatic carbocycles. The molecule has 0 aromatic heterocycles. The molecule has 2 aromatic rings. The van der Waals surface area contributed by atoms with Crippen LogP contribution in [0.15, 0.2) is 40.2 Å². The zero-order valence-corrected chi connectivity index (χ0v) is 16.2. The molecule has 26 heavy (non-hydrogen) atoms. The maximum Gasteiger partial charge on any atom is 0.264 e. The van der Waals surface area contributed by atoms with Crippen molar-refractivity contribution in [3.63, 3.8) is 0 Å². The van der Waals surface area contributed by atoms with E-state index in [1.807, 2.05) is 13.0 Å². The van der Waals surface area contributed by atoms with Crippen LogP contribution in [0, 0.1) is 6.92 Å². The first-order valence-electron chi connectivity index (χ1n) is 7.49. The van der Waals surface area contributed by atoms with Gasteiger partial charge in [-0.15, -0.1) is 0 Å². The van der Waals surface area contributed by atoms with E-state index in [0.29, 0.717) is 20.7 Å². The molecule has 134 valence electrons. The Balaban J connectivity index is 1.89. The van der Waals surface area contributed by atoms with Crippen LogP contribution in [-0.4, -0.2) is 23.3 Å². The normalized spacial score (nSPS) is 17.0. The molecule has 1 heterocycles. The van der Waals surface area contributed by atoms with Gasteiger partial charge in [0, 0.05) is 5.02 Å². The van der Waals surface area contributed by atoms with Gasteiger partial charge in [-0.25, -0.2) is 4.99 Å². The number of amidine groups is 1. The van der Waals surface area contributed by atoms with E-state index in [-0.39, 0.29) is 22.4 Å². The minimum Gasteiger partial charge on any atom is -0.503 e. The van der Waals surface area contributed by atoms with Crippen LogP contribution in [-0.2, 0) is 4.79 Å². The quantitative estimate of drug-likeness (QED) is 0.707. The molecule has 0 unspecified atom stereocenters. The van der Waals surface area contributed by atoms with Crippen molar-refractivity contribution in [2.45, 2.75) is 6.92 Å². The van der Waals surface area contributed by atoms with E-state index in [9.17, 15) is 9.90 Å². The maximum absolute atomic E-state index is 12.2. The molecule has 0 radical (unpaired) electrons. The Kier molecular flexibility index (Phi) is 5.46. The van der Waals surface area contributed by atoms with Gasteiger partial charge in [0.15, 0.2) is 16.7 Å². The summed E-state index contributed by atoms with van der Waals surface area (Å²) in [6.45, 7) is 1.90. The second kappa shape index (κ2) is 7.61. The fourth-order valence-corrected chi connectivity index (χ4v) is 3.60. The van der Waals surface area contributed by atoms with Gasteiger partial charge in [-0.3, -0.25) is 4.79 Å². The van der Waals surface area contributed by atoms with Crippen LogP contribution in [0.4, 0.5) is 5.69 Å². The zero-order valence-electron chi connectivity index (χ0n) is 13.8. The molecule has 0 atom stereocenters. The smallest absolute Gasteiger partial charge is 0.264 e. The summed E-state index contributed by atoms with van der Waals surface area (Å²) < 4.78 is 5.08. The predicted octanol–water partition coefficient (Wildman–Crippen LogP) is 4.91. The number of amides is 1. The Morgan fingerprint density at radius 2 is 2.04 bits per heavy atom. The zero-order chi connectivity index (χ0) is 18.8. The number of hydrogen-bond donors (Lipinski definition) is 2. The SMILES string of the molecule is COc1cc(/C=C2\SC(=Nc3ccc(Cl)cc3C)NC2=O)cc(Cl)c1O. The van der Waals surface area contributed by atoms with Crippen molar-refractivity contribution >= 4 is 57.8 Å². The summed E-state index contributed by atoms with van der Waals surface area (Å²) in [5.74, 6) is -0.165. The Hall–Kier alpha value is -2.15. The highest BCUT2D eigenvalue weighted by molar-refractivity contribution is 8.18. The third-order valence-electron chi connectivity index (χ3n) is 3.60. The molecule has 0 saturated carbocycles. The van der Waals surface area contributed by atoms with Crippen LogP contribution >= 0.6 is 35.0 Å². The highest BCUT2D eigenvalue weighted by Crippen LogP contribution is 2.37. The highest BCUT2D eigenvalue weighted by Gasteiger charge is 2.24. The van der Waals surface area contributed by atoms with E-state index in [4.69, 9.17) is 27.9 Å². The average Bonchev–Trinajstić information content (AvgIpc) is 2.92. The molecule has 1 aliphatic rings. The third kappa shape index (κ3) is 3.98. The van der Waals surface area contributed by atoms with Gasteiger partial charge < -0.3 is 15.2 Å². The van der Waals surface area contributed by atoms with Gasteiger partial charge in [-0.1, -0.05) is 23.2 Å². The van der Waals surface area contributed by atoms with Crippen LogP contribution in [0.3, 0.4) is 0 Å². The van der Waals surface area contributed by atoms with Gasteiger partial charge in [0.1, 0.15) is 0 Å². The van der Waals surface area contributed by atoms with Gasteiger partial charge in [0.2, 0.25) is 0 Å². The molecule has 1 amide bonds. The number of phenols is 1. The van der Waals surface area contributed by atoms with Crippen LogP contribution in [0.25, 0.3) is 6.08 Å². The van der Waals surface area contributed by atoms with E-state index in [2.05, 4.69) is 10.3 Å². The number of phenolic OH excluding ortho intramolecular Hbond substituents is 1. The number of methoxy groups -OCH3 is 1. The number of carbonyl (C=O) groups is 1. The number of nitrogens with zero attached hydrogens (tertiary/aromatic N) is 1. The van der Waals surface area contributed by atoms with Crippen molar-refractivity contribution in [3.05, 3.63) is 56.4 Å². The lowest BCUT2D eigenvalue weighted by molar-refractivity contribution is -0.115. The van der Waals surface area contributed by atoms with Crippen LogP contribution in [0.5, 0.6) is 11.5 Å². The number of hydrogen-bond acceptors (Lipinski definition) is 5. The molecule has 1 saturated heterocycles. The second-order valence-electron chi connectivity index (χ2n) is 5.47. The molecule has 1 aliphatic heterocycles. The van der Waals surface area contributed by atoms with Crippen molar-refractivity contribution in [1.82, 2.24) is 5.32 Å². The topological polar surface area (TPSA) is 70.9 Å². The first kappa shape index (κ1) is 18.6. The van der Waals surface area contributed by atoms with Crippen LogP contribution in [0.2, 0.25) is 10.0 Å². The summed E-state index contributed by atoms with van der Waals surface area (Å²) in [4.78, 5) is 17.1. The van der Waals surface area contributed by atoms with Gasteiger partial charge >= 0.3 is 0 Å². The van der Waals surface area contributed by atoms with E-state index in [1.54, 1.807) is 30.3 Å². The number of aryl methyl sites for hydroxylation is 1. The molecular formula is C18H14Cl2N2O3S. The first-order valence-corrected chi connectivity index (χ1v) is 9.07. The lowest BCUT2D eigenvalue weighted by Crippen LogP contribution is -2.19. The third-order valence-corrected chi connectivity index (χ3v) is 5.03. The highest BCUT2D eigenvalue weighted by atomic mass is 35.5. The molecule has 2 N–H and O–H groups in total. The van der Waals surface area contributed by atoms with E-state index >= 15 is 0 Å². The van der Waals surface area contributed by atoms with Crippen molar-refractivity contribution in [1.29, 1.82) is 0 Å². The lowest BCUT2D eigenvalue weighted by Gasteiger charge is -2.06. The van der Waals surface area contributed by atoms with Gasteiger partial charge in [0.25, 0.3) is 5.91 Å². The van der Waals surface area contributed by atoms with Crippen molar-refractivity contribution in [2.75, 3.05) is 7.11 Å². The molecule has 2 aromatic carbocycles. The average molecular weight is 409 g/mol. The molecule has 3 rings (SSSR count). The monoisotopic (exact) mass is 408 g/mol. The number of halogens is 2. The minimum absolute atomic E-state index is 0.139. The molecule has 1 fully saturated rings. The van der Waals surface area contributed by atoms with E-state index in [1.165, 1.54) is 18.9 Å². The summed E-state index contributed by atoms with van der Waals surface area (Å²) in [5, 5.41) is 13.8. The van der Waals surface area contributed by atoms with E-state index in [0.717, 1.165) is 11.3 Å². The Bertz CT molecular complexity index is 958. The van der Waals surface area contributed by atoms with Crippen molar-refractivity contribution in [2.24, 2.45) is 4.99 Å². The van der Waals surface area contributed by atoms with Crippen molar-refractivity contribution in [3.8, 4) is 11.5 Å². The largest absolute Gasteiger partial charge is 0.503 e. The van der Waals surface area contributed by atoms with Crippen molar-refractivity contribution < 1.29 is 14.6 Å². The Morgan fingerprint density at radius 1 is 1.27 bits per heavy atom. The number of carbonyl (C=O) groups excluding carboxylic acids is 1. The molecular weight excluding hydrogens is 395 g/mol. The van der Waals surface area contributed by atoms with E-state index < -0.39 is 0 Å². The number of nitrogens with one attached hydrogen (secondary N) is 1. The molecule has 5 nitrogen and oxygen atoms in total. The fraction of sp³-hybridized carbons (Fsp3) is 0.111. The fourth-order valence-electron chi connectivity index (χ4n) is 2.32. The molecule has 8 heteroatoms. The van der Waals surface area contributed by atoms with Gasteiger partial charge in [-0.05, 0) is 66.2 Å². The number of benzene rings is 2. The lowest BCUT2D eigenvalue weighted by atomic mass is 10.2. The molecule has 0 bridgehead atoms. The van der Waals surface area contributed by atoms with Crippen LogP contribution < -0.4 is 10.1 Å². The summed E-state index contributed by atoms with van der Waals surface area (Å²) in [6, 6.07) is 8.50. The van der Waals surface area contributed by atoms with Gasteiger partial charge in [-0.2, -0.15) is 0 Å². The predicted molar refractivity (Wildman–Crippen MR) is 107 cm³/mol. The Morgan fingerprint density at radius 3 is 2.73 bits per heavy atom. The summed E-state index contributed by atoms with van der Waals surface area (Å²) in [6.07, 6.45) is 1.66. The number of thioether (sulfide) groups is 1. The standard InChI is InChI=1S/C18H14Cl2N2O3S/c1-9-5-11(19)3-4-13(9)21-18-22-17(24)15(26-18)8-10-6-12(20)16(23)14(7-10)25-2/h3-8,23H,1-2H3,(H,21,22,24)/b15-8-. The number of ether oxygens (including phenoxy) is 1. The Labute approximate surface area is 164 Å². The second-order valence-corrected chi connectivity index (χ2v) is 7.34. The first-order chi connectivity index (χ1) is 12.4. The van der Waals surface area contributed by atoms with Gasteiger partial charge in [0.05, 0.1) is 22.7 Å². The number of aromatic hydroxyl groups is 1. The molecule has 0 spiro atoms. The summed E-state index contributed by atoms with van der Waals surface area (Å²) in [7, 11) is 1.43. The minimum atomic E-state index is -0.261. The maximum atomic E-state index is 12.2. The number of aliphatic imine (C=N–C) groups is 1. The number of rotatable bonds is 3. The summed E-state index contributed by atoms with van der Waals surface area (Å²) in [5.41, 5.74) is 2.27.